The minimum absolute atomic E-state index is 0. The standard InChI is InChI=1S/C12H16Cl2N2O2.ClH/c1-3-7(2)11(12(17)18)15-6-8-4-9(13)16-10(14)5-8;/h4-5,7,11,15H,3,6H2,1-2H3,(H,17,18);1H/t7-,11+;/m1./s1. The summed E-state index contributed by atoms with van der Waals surface area (Å²) in [7, 11) is 0. The van der Waals surface area contributed by atoms with E-state index >= 15 is 0 Å². The molecule has 0 spiro atoms. The lowest BCUT2D eigenvalue weighted by Crippen LogP contribution is -2.41. The van der Waals surface area contributed by atoms with E-state index in [1.54, 1.807) is 12.1 Å². The molecule has 4 nitrogen and oxygen atoms in total. The Morgan fingerprint density at radius 1 is 1.42 bits per heavy atom. The smallest absolute Gasteiger partial charge is 0.320 e. The van der Waals surface area contributed by atoms with E-state index in [1.807, 2.05) is 13.8 Å². The van der Waals surface area contributed by atoms with E-state index in [1.165, 1.54) is 0 Å². The highest BCUT2D eigenvalue weighted by molar-refractivity contribution is 6.32. The number of aromatic nitrogens is 1. The summed E-state index contributed by atoms with van der Waals surface area (Å²) >= 11 is 11.6. The van der Waals surface area contributed by atoms with Gasteiger partial charge in [0.15, 0.2) is 0 Å². The first-order chi connectivity index (χ1) is 8.43. The minimum Gasteiger partial charge on any atom is -0.480 e. The van der Waals surface area contributed by atoms with E-state index in [0.717, 1.165) is 12.0 Å². The van der Waals surface area contributed by atoms with E-state index in [9.17, 15) is 4.79 Å². The Bertz CT molecular complexity index is 409. The number of hydrogen-bond donors (Lipinski definition) is 2. The quantitative estimate of drug-likeness (QED) is 0.786. The molecule has 0 bridgehead atoms. The first-order valence-corrected chi connectivity index (χ1v) is 6.47. The van der Waals surface area contributed by atoms with Gasteiger partial charge in [0, 0.05) is 6.54 Å². The fourth-order valence-corrected chi connectivity index (χ4v) is 2.12. The first kappa shape index (κ1) is 18.4. The fourth-order valence-electron chi connectivity index (χ4n) is 1.61. The topological polar surface area (TPSA) is 62.2 Å². The number of nitrogens with zero attached hydrogens (tertiary/aromatic N) is 1. The number of carboxylic acids is 1. The molecule has 1 aromatic heterocycles. The lowest BCUT2D eigenvalue weighted by atomic mass is 9.99. The van der Waals surface area contributed by atoms with Crippen LogP contribution in [0.3, 0.4) is 0 Å². The maximum atomic E-state index is 11.1. The molecule has 7 heteroatoms. The van der Waals surface area contributed by atoms with Crippen molar-refractivity contribution in [1.29, 1.82) is 0 Å². The number of carbonyl (C=O) groups is 1. The normalized spacial score (nSPS) is 13.5. The van der Waals surface area contributed by atoms with E-state index in [4.69, 9.17) is 28.3 Å². The molecule has 2 atom stereocenters. The van der Waals surface area contributed by atoms with Crippen LogP contribution < -0.4 is 5.32 Å². The Morgan fingerprint density at radius 3 is 2.37 bits per heavy atom. The number of rotatable bonds is 6. The zero-order valence-corrected chi connectivity index (χ0v) is 13.0. The molecule has 1 heterocycles. The Morgan fingerprint density at radius 2 is 1.95 bits per heavy atom. The van der Waals surface area contributed by atoms with Crippen LogP contribution in [0.1, 0.15) is 25.8 Å². The Hall–Kier alpha value is -0.550. The summed E-state index contributed by atoms with van der Waals surface area (Å²) in [5.74, 6) is -0.800. The van der Waals surface area contributed by atoms with Gasteiger partial charge in [-0.25, -0.2) is 4.98 Å². The summed E-state index contributed by atoms with van der Waals surface area (Å²) in [6, 6.07) is 2.74. The fraction of sp³-hybridized carbons (Fsp3) is 0.500. The SMILES string of the molecule is CC[C@@H](C)[C@H](NCc1cc(Cl)nc(Cl)c1)C(=O)O.Cl. The molecule has 0 aliphatic heterocycles. The molecule has 1 aromatic rings. The average Bonchev–Trinajstić information content (AvgIpc) is 2.27. The second-order valence-electron chi connectivity index (χ2n) is 4.20. The van der Waals surface area contributed by atoms with Crippen LogP contribution >= 0.6 is 35.6 Å². The molecule has 0 fully saturated rings. The highest BCUT2D eigenvalue weighted by Crippen LogP contribution is 2.15. The number of aliphatic carboxylic acids is 1. The summed E-state index contributed by atoms with van der Waals surface area (Å²) < 4.78 is 0. The van der Waals surface area contributed by atoms with Gasteiger partial charge in [0.2, 0.25) is 0 Å². The molecule has 0 saturated heterocycles. The van der Waals surface area contributed by atoms with Crippen LogP contribution in [0, 0.1) is 5.92 Å². The van der Waals surface area contributed by atoms with Gasteiger partial charge in [-0.1, -0.05) is 43.5 Å². The molecule has 0 aliphatic carbocycles. The third kappa shape index (κ3) is 5.95. The summed E-state index contributed by atoms with van der Waals surface area (Å²) in [5, 5.41) is 12.7. The molecule has 0 unspecified atom stereocenters. The van der Waals surface area contributed by atoms with E-state index in [0.29, 0.717) is 16.9 Å². The predicted octanol–water partition coefficient (Wildman–Crippen LogP) is 3.40. The molecule has 19 heavy (non-hydrogen) atoms. The summed E-state index contributed by atoms with van der Waals surface area (Å²) in [6.45, 7) is 4.25. The van der Waals surface area contributed by atoms with Gasteiger partial charge in [-0.05, 0) is 23.6 Å². The number of hydrogen-bond acceptors (Lipinski definition) is 3. The van der Waals surface area contributed by atoms with Crippen molar-refractivity contribution in [3.63, 3.8) is 0 Å². The summed E-state index contributed by atoms with van der Waals surface area (Å²) in [4.78, 5) is 15.0. The second kappa shape index (κ2) is 8.59. The Labute approximate surface area is 128 Å². The molecule has 0 radical (unpaired) electrons. The minimum atomic E-state index is -0.851. The van der Waals surface area contributed by atoms with E-state index < -0.39 is 12.0 Å². The van der Waals surface area contributed by atoms with Gasteiger partial charge < -0.3 is 10.4 Å². The third-order valence-corrected chi connectivity index (χ3v) is 3.22. The van der Waals surface area contributed by atoms with Gasteiger partial charge >= 0.3 is 5.97 Å². The second-order valence-corrected chi connectivity index (χ2v) is 4.98. The molecule has 0 aliphatic rings. The summed E-state index contributed by atoms with van der Waals surface area (Å²) in [5.41, 5.74) is 0.814. The monoisotopic (exact) mass is 326 g/mol. The van der Waals surface area contributed by atoms with Crippen molar-refractivity contribution in [3.05, 3.63) is 28.0 Å². The van der Waals surface area contributed by atoms with Gasteiger partial charge in [-0.3, -0.25) is 4.79 Å². The number of nitrogens with one attached hydrogen (secondary N) is 1. The first-order valence-electron chi connectivity index (χ1n) is 5.72. The van der Waals surface area contributed by atoms with Crippen LogP contribution in [0.4, 0.5) is 0 Å². The maximum Gasteiger partial charge on any atom is 0.320 e. The molecular formula is C12H17Cl3N2O2. The predicted molar refractivity (Wildman–Crippen MR) is 79.2 cm³/mol. The van der Waals surface area contributed by atoms with Crippen molar-refractivity contribution in [3.8, 4) is 0 Å². The van der Waals surface area contributed by atoms with Gasteiger partial charge in [0.1, 0.15) is 16.3 Å². The zero-order chi connectivity index (χ0) is 13.7. The lowest BCUT2D eigenvalue weighted by molar-refractivity contribution is -0.140. The molecule has 1 rings (SSSR count). The molecule has 0 amide bonds. The van der Waals surface area contributed by atoms with Crippen molar-refractivity contribution in [1.82, 2.24) is 10.3 Å². The number of carboxylic acid groups (broad SMARTS) is 1. The number of halogens is 3. The van der Waals surface area contributed by atoms with E-state index in [2.05, 4.69) is 10.3 Å². The molecule has 108 valence electrons. The van der Waals surface area contributed by atoms with Crippen LogP contribution in [0.5, 0.6) is 0 Å². The molecule has 0 aromatic carbocycles. The van der Waals surface area contributed by atoms with Crippen molar-refractivity contribution < 1.29 is 9.90 Å². The van der Waals surface area contributed by atoms with Crippen LogP contribution in [-0.4, -0.2) is 22.1 Å². The van der Waals surface area contributed by atoms with Crippen LogP contribution in [0.2, 0.25) is 10.3 Å². The van der Waals surface area contributed by atoms with Gasteiger partial charge in [0.25, 0.3) is 0 Å². The zero-order valence-electron chi connectivity index (χ0n) is 10.7. The third-order valence-electron chi connectivity index (χ3n) is 2.83. The van der Waals surface area contributed by atoms with Crippen molar-refractivity contribution in [2.45, 2.75) is 32.9 Å². The van der Waals surface area contributed by atoms with Crippen molar-refractivity contribution in [2.75, 3.05) is 0 Å². The highest BCUT2D eigenvalue weighted by Gasteiger charge is 2.22. The highest BCUT2D eigenvalue weighted by atomic mass is 35.5. The molecule has 2 N–H and O–H groups in total. The number of pyridine rings is 1. The Balaban J connectivity index is 0.00000324. The van der Waals surface area contributed by atoms with E-state index in [-0.39, 0.29) is 18.3 Å². The Kier molecular flexibility index (Phi) is 8.34. The maximum absolute atomic E-state index is 11.1. The van der Waals surface area contributed by atoms with Crippen molar-refractivity contribution in [2.24, 2.45) is 5.92 Å². The summed E-state index contributed by atoms with van der Waals surface area (Å²) in [6.07, 6.45) is 0.793. The van der Waals surface area contributed by atoms with Gasteiger partial charge in [0.05, 0.1) is 0 Å². The van der Waals surface area contributed by atoms with Gasteiger partial charge in [-0.15, -0.1) is 12.4 Å². The van der Waals surface area contributed by atoms with Crippen molar-refractivity contribution >= 4 is 41.6 Å². The van der Waals surface area contributed by atoms with Crippen LogP contribution in [0.25, 0.3) is 0 Å². The van der Waals surface area contributed by atoms with Gasteiger partial charge in [-0.2, -0.15) is 0 Å². The average molecular weight is 328 g/mol. The van der Waals surface area contributed by atoms with Crippen LogP contribution in [0.15, 0.2) is 12.1 Å². The molecule has 0 saturated carbocycles. The lowest BCUT2D eigenvalue weighted by Gasteiger charge is -2.20. The largest absolute Gasteiger partial charge is 0.480 e. The molecular weight excluding hydrogens is 311 g/mol. The van der Waals surface area contributed by atoms with Crippen LogP contribution in [-0.2, 0) is 11.3 Å².